The van der Waals surface area contributed by atoms with E-state index >= 15 is 0 Å². The van der Waals surface area contributed by atoms with Crippen molar-refractivity contribution in [3.05, 3.63) is 71.9 Å². The molecule has 33 heavy (non-hydrogen) atoms. The lowest BCUT2D eigenvalue weighted by Crippen LogP contribution is -2.46. The quantitative estimate of drug-likeness (QED) is 0.334. The molecule has 4 N–H and O–H groups in total. The molecule has 3 rings (SSSR count). The Morgan fingerprint density at radius 2 is 1.73 bits per heavy atom. The molecule has 0 radical (unpaired) electrons. The summed E-state index contributed by atoms with van der Waals surface area (Å²) >= 11 is 0. The van der Waals surface area contributed by atoms with E-state index in [1.54, 1.807) is 6.20 Å². The number of hydrogen-bond acceptors (Lipinski definition) is 4. The highest BCUT2D eigenvalue weighted by molar-refractivity contribution is 5.89. The molecule has 174 valence electrons. The average Bonchev–Trinajstić information content (AvgIpc) is 3.20. The highest BCUT2D eigenvalue weighted by Crippen LogP contribution is 2.20. The molecule has 0 fully saturated rings. The Hall–Kier alpha value is -3.65. The van der Waals surface area contributed by atoms with Gasteiger partial charge in [-0.05, 0) is 23.1 Å². The third-order valence-corrected chi connectivity index (χ3v) is 5.53. The topological polar surface area (TPSA) is 121 Å². The number of fused-ring (bicyclic) bond motifs is 1. The van der Waals surface area contributed by atoms with Gasteiger partial charge in [0.15, 0.2) is 0 Å². The molecule has 1 unspecified atom stereocenters. The van der Waals surface area contributed by atoms with Gasteiger partial charge < -0.3 is 15.4 Å². The largest absolute Gasteiger partial charge is 0.480 e. The number of hydroxylamine groups is 1. The van der Waals surface area contributed by atoms with Gasteiger partial charge in [0.2, 0.25) is 11.8 Å². The van der Waals surface area contributed by atoms with Crippen LogP contribution >= 0.6 is 0 Å². The van der Waals surface area contributed by atoms with Gasteiger partial charge in [-0.3, -0.25) is 14.4 Å². The molecule has 2 amide bonds. The lowest BCUT2D eigenvalue weighted by atomic mass is 9.90. The van der Waals surface area contributed by atoms with Crippen molar-refractivity contribution in [2.24, 2.45) is 11.8 Å². The number of carboxylic acids is 1. The van der Waals surface area contributed by atoms with Gasteiger partial charge in [0.25, 0.3) is 0 Å². The number of aliphatic carboxylic acids is 1. The van der Waals surface area contributed by atoms with Gasteiger partial charge in [0.1, 0.15) is 6.04 Å². The Morgan fingerprint density at radius 3 is 2.42 bits per heavy atom. The van der Waals surface area contributed by atoms with Crippen LogP contribution in [0.5, 0.6) is 0 Å². The minimum absolute atomic E-state index is 0.113. The maximum Gasteiger partial charge on any atom is 0.326 e. The molecule has 0 aliphatic rings. The van der Waals surface area contributed by atoms with E-state index < -0.39 is 29.7 Å². The van der Waals surface area contributed by atoms with Gasteiger partial charge >= 0.3 is 5.97 Å². The van der Waals surface area contributed by atoms with Gasteiger partial charge in [-0.2, -0.15) is 0 Å². The van der Waals surface area contributed by atoms with Crippen molar-refractivity contribution in [3.63, 3.8) is 0 Å². The molecule has 0 saturated carbocycles. The number of carbonyl (C=O) groups excluding carboxylic acids is 2. The van der Waals surface area contributed by atoms with Crippen LogP contribution in [0.15, 0.2) is 60.8 Å². The number of amides is 2. The van der Waals surface area contributed by atoms with Crippen LogP contribution < -0.4 is 10.8 Å². The van der Waals surface area contributed by atoms with Crippen LogP contribution in [0.2, 0.25) is 0 Å². The van der Waals surface area contributed by atoms with Crippen LogP contribution in [-0.2, 0) is 32.2 Å². The minimum atomic E-state index is -1.13. The summed E-state index contributed by atoms with van der Waals surface area (Å²) in [5.74, 6) is -2.92. The fourth-order valence-corrected chi connectivity index (χ4v) is 3.65. The second-order valence-electron chi connectivity index (χ2n) is 8.32. The molecule has 2 atom stereocenters. The Balaban J connectivity index is 1.58. The van der Waals surface area contributed by atoms with E-state index in [1.165, 1.54) is 0 Å². The molecular formula is C25H29N3O5. The number of hydrogen-bond donors (Lipinski definition) is 4. The first-order valence-corrected chi connectivity index (χ1v) is 10.9. The molecule has 1 heterocycles. The normalized spacial score (nSPS) is 12.9. The van der Waals surface area contributed by atoms with E-state index in [0.717, 1.165) is 22.0 Å². The van der Waals surface area contributed by atoms with Crippen LogP contribution in [0.4, 0.5) is 0 Å². The molecule has 8 nitrogen and oxygen atoms in total. The first-order chi connectivity index (χ1) is 15.8. The number of aromatic nitrogens is 1. The lowest BCUT2D eigenvalue weighted by Gasteiger charge is -2.22. The number of para-hydroxylation sites is 1. The summed E-state index contributed by atoms with van der Waals surface area (Å²) in [6.45, 7) is 3.84. The Morgan fingerprint density at radius 1 is 1.03 bits per heavy atom. The van der Waals surface area contributed by atoms with Crippen LogP contribution in [0, 0.1) is 11.8 Å². The van der Waals surface area contributed by atoms with Crippen LogP contribution in [0.25, 0.3) is 10.9 Å². The van der Waals surface area contributed by atoms with Gasteiger partial charge in [-0.25, -0.2) is 10.3 Å². The predicted octanol–water partition coefficient (Wildman–Crippen LogP) is 3.19. The van der Waals surface area contributed by atoms with Crippen molar-refractivity contribution in [2.75, 3.05) is 0 Å². The highest BCUT2D eigenvalue weighted by Gasteiger charge is 2.29. The summed E-state index contributed by atoms with van der Waals surface area (Å²) in [5.41, 5.74) is 4.96. The fraction of sp³-hybridized carbons (Fsp3) is 0.320. The van der Waals surface area contributed by atoms with Gasteiger partial charge in [0, 0.05) is 35.9 Å². The van der Waals surface area contributed by atoms with Gasteiger partial charge in [-0.15, -0.1) is 0 Å². The summed E-state index contributed by atoms with van der Waals surface area (Å²) in [6, 6.07) is 15.8. The Labute approximate surface area is 192 Å². The molecule has 3 aromatic rings. The van der Waals surface area contributed by atoms with Crippen LogP contribution in [0.3, 0.4) is 0 Å². The summed E-state index contributed by atoms with van der Waals surface area (Å²) in [5, 5.41) is 13.2. The summed E-state index contributed by atoms with van der Waals surface area (Å²) in [6.07, 6.45) is 1.77. The summed E-state index contributed by atoms with van der Waals surface area (Å²) < 4.78 is 0. The number of carbonyl (C=O) groups is 3. The molecule has 0 saturated heterocycles. The number of H-pyrrole nitrogens is 1. The Bertz CT molecular complexity index is 1090. The number of aromatic amines is 1. The molecule has 0 aliphatic heterocycles. The molecule has 0 spiro atoms. The molecule has 8 heteroatoms. The summed E-state index contributed by atoms with van der Waals surface area (Å²) in [4.78, 5) is 45.5. The monoisotopic (exact) mass is 451 g/mol. The van der Waals surface area contributed by atoms with E-state index in [9.17, 15) is 19.5 Å². The molecule has 1 aromatic heterocycles. The predicted molar refractivity (Wildman–Crippen MR) is 124 cm³/mol. The zero-order valence-corrected chi connectivity index (χ0v) is 18.7. The maximum atomic E-state index is 12.9. The third kappa shape index (κ3) is 6.66. The summed E-state index contributed by atoms with van der Waals surface area (Å²) in [7, 11) is 0. The van der Waals surface area contributed by atoms with E-state index in [0.29, 0.717) is 0 Å². The number of rotatable bonds is 11. The SMILES string of the molecule is CC(C)C(CC(=O)NOCc1ccccc1)C(=O)N[C@@H](Cc1c[nH]c2ccccc12)C(=O)O. The zero-order chi connectivity index (χ0) is 23.8. The van der Waals surface area contributed by atoms with Gasteiger partial charge in [-0.1, -0.05) is 62.4 Å². The van der Waals surface area contributed by atoms with Crippen LogP contribution in [0.1, 0.15) is 31.4 Å². The van der Waals surface area contributed by atoms with Crippen molar-refractivity contribution >= 4 is 28.7 Å². The van der Waals surface area contributed by atoms with E-state index in [4.69, 9.17) is 4.84 Å². The molecule has 0 bridgehead atoms. The van der Waals surface area contributed by atoms with E-state index in [-0.39, 0.29) is 25.4 Å². The van der Waals surface area contributed by atoms with Crippen molar-refractivity contribution < 1.29 is 24.3 Å². The van der Waals surface area contributed by atoms with Crippen LogP contribution in [-0.4, -0.2) is 33.9 Å². The second-order valence-corrected chi connectivity index (χ2v) is 8.32. The molecule has 2 aromatic carbocycles. The average molecular weight is 452 g/mol. The van der Waals surface area contributed by atoms with Crippen molar-refractivity contribution in [1.29, 1.82) is 0 Å². The van der Waals surface area contributed by atoms with Crippen molar-refractivity contribution in [2.45, 2.75) is 39.3 Å². The number of nitrogens with one attached hydrogen (secondary N) is 3. The minimum Gasteiger partial charge on any atom is -0.480 e. The standard InChI is InChI=1S/C25H29N3O5/c1-16(2)20(13-23(29)28-33-15-17-8-4-3-5-9-17)24(30)27-22(25(31)32)12-18-14-26-21-11-7-6-10-19(18)21/h3-11,14,16,20,22,26H,12-13,15H2,1-2H3,(H,27,30)(H,28,29)(H,31,32)/t20?,22-/m0/s1. The Kier molecular flexibility index (Phi) is 8.21. The number of carboxylic acid groups (broad SMARTS) is 1. The molecular weight excluding hydrogens is 422 g/mol. The maximum absolute atomic E-state index is 12.9. The first-order valence-electron chi connectivity index (χ1n) is 10.9. The first kappa shape index (κ1) is 24.0. The third-order valence-electron chi connectivity index (χ3n) is 5.53. The lowest BCUT2D eigenvalue weighted by molar-refractivity contribution is -0.144. The fourth-order valence-electron chi connectivity index (χ4n) is 3.65. The second kappa shape index (κ2) is 11.3. The van der Waals surface area contributed by atoms with Crippen molar-refractivity contribution in [1.82, 2.24) is 15.8 Å². The van der Waals surface area contributed by atoms with Crippen molar-refractivity contribution in [3.8, 4) is 0 Å². The zero-order valence-electron chi connectivity index (χ0n) is 18.7. The van der Waals surface area contributed by atoms with E-state index in [1.807, 2.05) is 68.4 Å². The molecule has 0 aliphatic carbocycles. The highest BCUT2D eigenvalue weighted by atomic mass is 16.6. The smallest absolute Gasteiger partial charge is 0.326 e. The number of benzene rings is 2. The van der Waals surface area contributed by atoms with Gasteiger partial charge in [0.05, 0.1) is 6.61 Å². The van der Waals surface area contributed by atoms with E-state index in [2.05, 4.69) is 15.8 Å².